The summed E-state index contributed by atoms with van der Waals surface area (Å²) in [5, 5.41) is 0. The molecule has 1 aliphatic carbocycles. The lowest BCUT2D eigenvalue weighted by atomic mass is 9.92. The molecule has 0 radical (unpaired) electrons. The molecular weight excluding hydrogens is 238 g/mol. The lowest BCUT2D eigenvalue weighted by molar-refractivity contribution is 0.0540. The Bertz CT molecular complexity index is 490. The largest absolute Gasteiger partial charge is 0.397 e. The van der Waals surface area contributed by atoms with E-state index in [1.807, 2.05) is 17.2 Å². The SMILES string of the molecule is CC1CCCN(C(=O)c2cc(N)cn2C2CC2)C1C. The Kier molecular flexibility index (Phi) is 3.03. The zero-order valence-corrected chi connectivity index (χ0v) is 11.8. The average molecular weight is 261 g/mol. The molecule has 0 aromatic carbocycles. The van der Waals surface area contributed by atoms with Crippen molar-refractivity contribution in [1.82, 2.24) is 9.47 Å². The second-order valence-electron chi connectivity index (χ2n) is 6.16. The summed E-state index contributed by atoms with van der Waals surface area (Å²) < 4.78 is 2.09. The number of amides is 1. The van der Waals surface area contributed by atoms with E-state index in [0.29, 0.717) is 23.7 Å². The molecule has 4 heteroatoms. The fourth-order valence-electron chi connectivity index (χ4n) is 3.10. The molecule has 1 aromatic heterocycles. The van der Waals surface area contributed by atoms with Crippen molar-refractivity contribution in [2.75, 3.05) is 12.3 Å². The van der Waals surface area contributed by atoms with Gasteiger partial charge < -0.3 is 15.2 Å². The van der Waals surface area contributed by atoms with Gasteiger partial charge in [-0.3, -0.25) is 4.79 Å². The first-order chi connectivity index (χ1) is 9.08. The van der Waals surface area contributed by atoms with Crippen molar-refractivity contribution in [1.29, 1.82) is 0 Å². The van der Waals surface area contributed by atoms with E-state index in [0.717, 1.165) is 18.7 Å². The van der Waals surface area contributed by atoms with E-state index in [9.17, 15) is 4.79 Å². The van der Waals surface area contributed by atoms with Gasteiger partial charge in [0.25, 0.3) is 5.91 Å². The number of aromatic nitrogens is 1. The molecule has 2 heterocycles. The van der Waals surface area contributed by atoms with E-state index in [2.05, 4.69) is 18.4 Å². The molecule has 4 nitrogen and oxygen atoms in total. The van der Waals surface area contributed by atoms with E-state index in [-0.39, 0.29) is 5.91 Å². The second-order valence-corrected chi connectivity index (χ2v) is 6.16. The van der Waals surface area contributed by atoms with E-state index in [4.69, 9.17) is 5.73 Å². The van der Waals surface area contributed by atoms with Gasteiger partial charge in [-0.2, -0.15) is 0 Å². The van der Waals surface area contributed by atoms with Crippen LogP contribution in [0, 0.1) is 5.92 Å². The van der Waals surface area contributed by atoms with Crippen molar-refractivity contribution >= 4 is 11.6 Å². The zero-order valence-electron chi connectivity index (χ0n) is 11.8. The fraction of sp³-hybridized carbons (Fsp3) is 0.667. The predicted octanol–water partition coefficient (Wildman–Crippen LogP) is 2.67. The number of carbonyl (C=O) groups excluding carboxylic acids is 1. The molecule has 19 heavy (non-hydrogen) atoms. The lowest BCUT2D eigenvalue weighted by Gasteiger charge is -2.38. The van der Waals surface area contributed by atoms with E-state index in [1.54, 1.807) is 0 Å². The van der Waals surface area contributed by atoms with Gasteiger partial charge in [0.2, 0.25) is 0 Å². The Morgan fingerprint density at radius 2 is 2.05 bits per heavy atom. The first-order valence-corrected chi connectivity index (χ1v) is 7.36. The summed E-state index contributed by atoms with van der Waals surface area (Å²) >= 11 is 0. The summed E-state index contributed by atoms with van der Waals surface area (Å²) in [4.78, 5) is 14.8. The van der Waals surface area contributed by atoms with Crippen LogP contribution in [0.15, 0.2) is 12.3 Å². The van der Waals surface area contributed by atoms with E-state index in [1.165, 1.54) is 19.3 Å². The highest BCUT2D eigenvalue weighted by Gasteiger charge is 2.33. The molecule has 2 atom stereocenters. The van der Waals surface area contributed by atoms with Gasteiger partial charge in [0.05, 0.1) is 5.69 Å². The summed E-state index contributed by atoms with van der Waals surface area (Å²) in [7, 11) is 0. The Hall–Kier alpha value is -1.45. The monoisotopic (exact) mass is 261 g/mol. The van der Waals surface area contributed by atoms with Gasteiger partial charge in [-0.1, -0.05) is 6.92 Å². The number of nitrogens with two attached hydrogens (primary N) is 1. The molecule has 2 aliphatic rings. The minimum atomic E-state index is 0.155. The summed E-state index contributed by atoms with van der Waals surface area (Å²) in [5.41, 5.74) is 7.36. The van der Waals surface area contributed by atoms with Crippen LogP contribution in [0.5, 0.6) is 0 Å². The molecular formula is C15H23N3O. The quantitative estimate of drug-likeness (QED) is 0.889. The Labute approximate surface area is 114 Å². The highest BCUT2D eigenvalue weighted by atomic mass is 16.2. The molecule has 1 saturated carbocycles. The standard InChI is InChI=1S/C15H23N3O/c1-10-4-3-7-17(11(10)2)15(19)14-8-12(16)9-18(14)13-5-6-13/h8-11,13H,3-7,16H2,1-2H3. The molecule has 2 unspecified atom stereocenters. The maximum absolute atomic E-state index is 12.8. The van der Waals surface area contributed by atoms with Crippen molar-refractivity contribution in [3.63, 3.8) is 0 Å². The number of hydrogen-bond acceptors (Lipinski definition) is 2. The van der Waals surface area contributed by atoms with Gasteiger partial charge in [0.15, 0.2) is 0 Å². The number of carbonyl (C=O) groups is 1. The number of rotatable bonds is 2. The lowest BCUT2D eigenvalue weighted by Crippen LogP contribution is -2.46. The zero-order chi connectivity index (χ0) is 13.6. The number of piperidine rings is 1. The van der Waals surface area contributed by atoms with Crippen LogP contribution in [0.2, 0.25) is 0 Å². The summed E-state index contributed by atoms with van der Waals surface area (Å²) in [6.07, 6.45) is 6.58. The van der Waals surface area contributed by atoms with Gasteiger partial charge in [-0.25, -0.2) is 0 Å². The third kappa shape index (κ3) is 2.24. The smallest absolute Gasteiger partial charge is 0.270 e. The summed E-state index contributed by atoms with van der Waals surface area (Å²) in [5.74, 6) is 0.738. The van der Waals surface area contributed by atoms with Crippen LogP contribution < -0.4 is 5.73 Å². The molecule has 2 N–H and O–H groups in total. The first-order valence-electron chi connectivity index (χ1n) is 7.36. The van der Waals surface area contributed by atoms with Crippen LogP contribution in [0.3, 0.4) is 0 Å². The van der Waals surface area contributed by atoms with Crippen LogP contribution in [0.4, 0.5) is 5.69 Å². The summed E-state index contributed by atoms with van der Waals surface area (Å²) in [6.45, 7) is 5.27. The van der Waals surface area contributed by atoms with Crippen LogP contribution in [0.1, 0.15) is 56.1 Å². The Morgan fingerprint density at radius 1 is 1.32 bits per heavy atom. The fourth-order valence-corrected chi connectivity index (χ4v) is 3.10. The highest BCUT2D eigenvalue weighted by molar-refractivity contribution is 5.94. The number of anilines is 1. The number of likely N-dealkylation sites (tertiary alicyclic amines) is 1. The van der Waals surface area contributed by atoms with Crippen LogP contribution in [-0.4, -0.2) is 28.0 Å². The van der Waals surface area contributed by atoms with Crippen molar-refractivity contribution in [3.05, 3.63) is 18.0 Å². The number of nitrogens with zero attached hydrogens (tertiary/aromatic N) is 2. The number of hydrogen-bond donors (Lipinski definition) is 1. The topological polar surface area (TPSA) is 51.3 Å². The summed E-state index contributed by atoms with van der Waals surface area (Å²) in [6, 6.07) is 2.66. The van der Waals surface area contributed by atoms with Crippen LogP contribution in [0.25, 0.3) is 0 Å². The molecule has 104 valence electrons. The number of nitrogen functional groups attached to an aromatic ring is 1. The van der Waals surface area contributed by atoms with Gasteiger partial charge in [0.1, 0.15) is 5.69 Å². The maximum atomic E-state index is 12.8. The van der Waals surface area contributed by atoms with Crippen molar-refractivity contribution in [2.24, 2.45) is 5.92 Å². The molecule has 1 saturated heterocycles. The molecule has 0 spiro atoms. The van der Waals surface area contributed by atoms with Crippen molar-refractivity contribution in [2.45, 2.75) is 51.6 Å². The molecule has 1 aromatic rings. The second kappa shape index (κ2) is 4.58. The van der Waals surface area contributed by atoms with Crippen LogP contribution in [-0.2, 0) is 0 Å². The normalized spacial score (nSPS) is 27.6. The van der Waals surface area contributed by atoms with E-state index < -0.39 is 0 Å². The minimum Gasteiger partial charge on any atom is -0.397 e. The van der Waals surface area contributed by atoms with Gasteiger partial charge in [-0.05, 0) is 44.6 Å². The average Bonchev–Trinajstić information content (AvgIpc) is 3.15. The third-order valence-electron chi connectivity index (χ3n) is 4.66. The van der Waals surface area contributed by atoms with Gasteiger partial charge in [0, 0.05) is 24.8 Å². The maximum Gasteiger partial charge on any atom is 0.270 e. The van der Waals surface area contributed by atoms with Crippen molar-refractivity contribution < 1.29 is 4.79 Å². The van der Waals surface area contributed by atoms with Crippen LogP contribution >= 0.6 is 0 Å². The van der Waals surface area contributed by atoms with E-state index >= 15 is 0 Å². The van der Waals surface area contributed by atoms with Crippen molar-refractivity contribution in [3.8, 4) is 0 Å². The Balaban J connectivity index is 1.87. The molecule has 2 fully saturated rings. The first kappa shape index (κ1) is 12.6. The highest BCUT2D eigenvalue weighted by Crippen LogP contribution is 2.38. The molecule has 0 bridgehead atoms. The Morgan fingerprint density at radius 3 is 2.74 bits per heavy atom. The third-order valence-corrected chi connectivity index (χ3v) is 4.66. The van der Waals surface area contributed by atoms with Gasteiger partial charge >= 0.3 is 0 Å². The minimum absolute atomic E-state index is 0.155. The predicted molar refractivity (Wildman–Crippen MR) is 76.0 cm³/mol. The molecule has 1 aliphatic heterocycles. The van der Waals surface area contributed by atoms with Gasteiger partial charge in [-0.15, -0.1) is 0 Å². The molecule has 3 rings (SSSR count). The molecule has 1 amide bonds.